The highest BCUT2D eigenvalue weighted by Gasteiger charge is 2.20. The van der Waals surface area contributed by atoms with E-state index in [0.29, 0.717) is 0 Å². The van der Waals surface area contributed by atoms with Gasteiger partial charge in [-0.25, -0.2) is 0 Å². The van der Waals surface area contributed by atoms with Crippen LogP contribution in [0.3, 0.4) is 0 Å². The van der Waals surface area contributed by atoms with E-state index < -0.39 is 0 Å². The first-order valence-corrected chi connectivity index (χ1v) is 7.97. The number of aromatic nitrogens is 3. The van der Waals surface area contributed by atoms with Crippen LogP contribution in [0.25, 0.3) is 10.1 Å². The number of nitrogens with one attached hydrogen (secondary N) is 1. The molecule has 0 radical (unpaired) electrons. The normalized spacial score (nSPS) is 16.7. The molecule has 3 heterocycles. The van der Waals surface area contributed by atoms with Crippen molar-refractivity contribution in [2.45, 2.75) is 6.54 Å². The maximum atomic E-state index is 4.65. The summed E-state index contributed by atoms with van der Waals surface area (Å²) in [5.41, 5.74) is 1.18. The van der Waals surface area contributed by atoms with Gasteiger partial charge in [-0.2, -0.15) is 9.47 Å². The Morgan fingerprint density at radius 3 is 2.76 bits per heavy atom. The summed E-state index contributed by atoms with van der Waals surface area (Å²) >= 11 is 1.59. The van der Waals surface area contributed by atoms with Crippen molar-refractivity contribution in [2.24, 2.45) is 0 Å². The van der Waals surface area contributed by atoms with E-state index in [1.54, 1.807) is 11.5 Å². The first-order chi connectivity index (χ1) is 10.4. The smallest absolute Gasteiger partial charge is 0.150 e. The Labute approximate surface area is 127 Å². The van der Waals surface area contributed by atoms with E-state index in [1.807, 2.05) is 12.3 Å². The second-order valence-corrected chi connectivity index (χ2v) is 6.15. The van der Waals surface area contributed by atoms with Gasteiger partial charge in [0, 0.05) is 50.0 Å². The Hall–Kier alpha value is -1.92. The molecule has 1 aliphatic rings. The fraction of sp³-hybridized carbons (Fsp3) is 0.333. The van der Waals surface area contributed by atoms with Crippen LogP contribution >= 0.6 is 11.5 Å². The van der Waals surface area contributed by atoms with Crippen molar-refractivity contribution in [3.8, 4) is 0 Å². The molecule has 1 N–H and O–H groups in total. The zero-order valence-electron chi connectivity index (χ0n) is 11.7. The number of hydrogen-bond donors (Lipinski definition) is 1. The average Bonchev–Trinajstić information content (AvgIpc) is 3.17. The van der Waals surface area contributed by atoms with Gasteiger partial charge in [0.15, 0.2) is 0 Å². The van der Waals surface area contributed by atoms with Gasteiger partial charge in [0.05, 0.1) is 4.70 Å². The van der Waals surface area contributed by atoms with Crippen LogP contribution in [-0.2, 0) is 6.54 Å². The Bertz CT molecular complexity index is 713. The third-order valence-corrected chi connectivity index (χ3v) is 4.80. The van der Waals surface area contributed by atoms with Crippen LogP contribution in [0.1, 0.15) is 5.69 Å². The molecule has 0 atom stereocenters. The van der Waals surface area contributed by atoms with E-state index in [-0.39, 0.29) is 0 Å². The Balaban J connectivity index is 1.45. The summed E-state index contributed by atoms with van der Waals surface area (Å²) < 4.78 is 5.92. The lowest BCUT2D eigenvalue weighted by Gasteiger charge is -2.34. The number of piperazine rings is 1. The molecular formula is C15H17N5S. The van der Waals surface area contributed by atoms with Crippen molar-refractivity contribution in [3.05, 3.63) is 42.2 Å². The molecule has 4 rings (SSSR count). The van der Waals surface area contributed by atoms with Crippen molar-refractivity contribution in [1.29, 1.82) is 0 Å². The standard InChI is InChI=1S/C15H17N5S/c1-2-4-14-13(3-1)15(18-21-14)20-9-7-19(8-10-20)11-12-5-6-16-17-12/h1-6H,7-11H2,(H,16,17). The van der Waals surface area contributed by atoms with Crippen LogP contribution in [0, 0.1) is 0 Å². The van der Waals surface area contributed by atoms with E-state index in [9.17, 15) is 0 Å². The minimum atomic E-state index is 0.950. The predicted molar refractivity (Wildman–Crippen MR) is 85.7 cm³/mol. The summed E-state index contributed by atoms with van der Waals surface area (Å²) in [6.45, 7) is 5.13. The molecular weight excluding hydrogens is 282 g/mol. The van der Waals surface area contributed by atoms with Crippen molar-refractivity contribution in [1.82, 2.24) is 19.5 Å². The van der Waals surface area contributed by atoms with Gasteiger partial charge < -0.3 is 4.90 Å². The van der Waals surface area contributed by atoms with Crippen molar-refractivity contribution in [3.63, 3.8) is 0 Å². The van der Waals surface area contributed by atoms with Crippen LogP contribution in [0.4, 0.5) is 5.82 Å². The van der Waals surface area contributed by atoms with Gasteiger partial charge in [0.2, 0.25) is 0 Å². The molecule has 21 heavy (non-hydrogen) atoms. The van der Waals surface area contributed by atoms with E-state index >= 15 is 0 Å². The molecule has 108 valence electrons. The monoisotopic (exact) mass is 299 g/mol. The lowest BCUT2D eigenvalue weighted by Crippen LogP contribution is -2.46. The molecule has 0 bridgehead atoms. The lowest BCUT2D eigenvalue weighted by atomic mass is 10.2. The molecule has 1 aliphatic heterocycles. The SMILES string of the molecule is c1ccc2c(N3CCN(Cc4ccn[nH]4)CC3)nsc2c1. The minimum absolute atomic E-state index is 0.950. The van der Waals surface area contributed by atoms with Crippen LogP contribution in [0.5, 0.6) is 0 Å². The summed E-state index contributed by atoms with van der Waals surface area (Å²) in [5, 5.41) is 8.32. The number of fused-ring (bicyclic) bond motifs is 1. The Kier molecular flexibility index (Phi) is 3.33. The van der Waals surface area contributed by atoms with Crippen LogP contribution in [-0.4, -0.2) is 45.6 Å². The molecule has 1 aromatic carbocycles. The van der Waals surface area contributed by atoms with E-state index in [4.69, 9.17) is 0 Å². The molecule has 5 nitrogen and oxygen atoms in total. The highest BCUT2D eigenvalue weighted by molar-refractivity contribution is 7.13. The summed E-state index contributed by atoms with van der Waals surface area (Å²) in [4.78, 5) is 4.86. The summed E-state index contributed by atoms with van der Waals surface area (Å²) in [6.07, 6.45) is 1.81. The zero-order chi connectivity index (χ0) is 14.1. The molecule has 0 aliphatic carbocycles. The van der Waals surface area contributed by atoms with Crippen molar-refractivity contribution < 1.29 is 0 Å². The van der Waals surface area contributed by atoms with E-state index in [1.165, 1.54) is 15.8 Å². The predicted octanol–water partition coefficient (Wildman–Crippen LogP) is 2.34. The van der Waals surface area contributed by atoms with Crippen LogP contribution < -0.4 is 4.90 Å². The quantitative estimate of drug-likeness (QED) is 0.806. The molecule has 0 amide bonds. The van der Waals surface area contributed by atoms with Gasteiger partial charge in [0.1, 0.15) is 5.82 Å². The van der Waals surface area contributed by atoms with E-state index in [2.05, 4.69) is 48.6 Å². The van der Waals surface area contributed by atoms with Gasteiger partial charge in [-0.15, -0.1) is 0 Å². The van der Waals surface area contributed by atoms with Gasteiger partial charge in [-0.05, 0) is 29.7 Å². The van der Waals surface area contributed by atoms with Crippen LogP contribution in [0.15, 0.2) is 36.5 Å². The Morgan fingerprint density at radius 1 is 1.10 bits per heavy atom. The number of H-pyrrole nitrogens is 1. The molecule has 2 aromatic heterocycles. The summed E-state index contributed by atoms with van der Waals surface area (Å²) in [7, 11) is 0. The average molecular weight is 299 g/mol. The van der Waals surface area contributed by atoms with Gasteiger partial charge in [-0.3, -0.25) is 10.00 Å². The second kappa shape index (κ2) is 5.46. The second-order valence-electron chi connectivity index (χ2n) is 5.35. The largest absolute Gasteiger partial charge is 0.353 e. The number of hydrogen-bond acceptors (Lipinski definition) is 5. The number of aromatic amines is 1. The fourth-order valence-corrected chi connectivity index (χ4v) is 3.63. The molecule has 6 heteroatoms. The Morgan fingerprint density at radius 2 is 1.95 bits per heavy atom. The number of rotatable bonds is 3. The summed E-state index contributed by atoms with van der Waals surface area (Å²) in [5.74, 6) is 1.15. The topological polar surface area (TPSA) is 48.0 Å². The molecule has 1 fully saturated rings. The molecule has 0 unspecified atom stereocenters. The zero-order valence-corrected chi connectivity index (χ0v) is 12.5. The van der Waals surface area contributed by atoms with Crippen molar-refractivity contribution in [2.75, 3.05) is 31.1 Å². The molecule has 1 saturated heterocycles. The highest BCUT2D eigenvalue weighted by atomic mass is 32.1. The minimum Gasteiger partial charge on any atom is -0.353 e. The molecule has 3 aromatic rings. The number of benzene rings is 1. The molecule has 0 spiro atoms. The lowest BCUT2D eigenvalue weighted by molar-refractivity contribution is 0.247. The first-order valence-electron chi connectivity index (χ1n) is 7.20. The van der Waals surface area contributed by atoms with E-state index in [0.717, 1.165) is 38.5 Å². The first kappa shape index (κ1) is 12.8. The number of anilines is 1. The van der Waals surface area contributed by atoms with Gasteiger partial charge >= 0.3 is 0 Å². The summed E-state index contributed by atoms with van der Waals surface area (Å²) in [6, 6.07) is 10.5. The van der Waals surface area contributed by atoms with Gasteiger partial charge in [0.25, 0.3) is 0 Å². The maximum Gasteiger partial charge on any atom is 0.150 e. The maximum absolute atomic E-state index is 4.65. The fourth-order valence-electron chi connectivity index (χ4n) is 2.83. The number of nitrogens with zero attached hydrogens (tertiary/aromatic N) is 4. The van der Waals surface area contributed by atoms with Crippen molar-refractivity contribution >= 4 is 27.4 Å². The third kappa shape index (κ3) is 2.52. The van der Waals surface area contributed by atoms with Gasteiger partial charge in [-0.1, -0.05) is 12.1 Å². The third-order valence-electron chi connectivity index (χ3n) is 3.98. The molecule has 0 saturated carbocycles. The highest BCUT2D eigenvalue weighted by Crippen LogP contribution is 2.29. The van der Waals surface area contributed by atoms with Crippen LogP contribution in [0.2, 0.25) is 0 Å².